The van der Waals surface area contributed by atoms with E-state index in [-0.39, 0.29) is 11.6 Å². The number of thioether (sulfide) groups is 1. The predicted molar refractivity (Wildman–Crippen MR) is 124 cm³/mol. The van der Waals surface area contributed by atoms with E-state index in [1.165, 1.54) is 55.3 Å². The Morgan fingerprint density at radius 2 is 1.78 bits per heavy atom. The van der Waals surface area contributed by atoms with Gasteiger partial charge in [-0.2, -0.15) is 0 Å². The second-order valence-corrected chi connectivity index (χ2v) is 9.21. The second-order valence-electron chi connectivity index (χ2n) is 7.90. The van der Waals surface area contributed by atoms with E-state index in [1.54, 1.807) is 0 Å². The predicted octanol–water partition coefficient (Wildman–Crippen LogP) is 5.34. The van der Waals surface area contributed by atoms with Crippen LogP contribution in [0.5, 0.6) is 0 Å². The molecule has 1 aliphatic carbocycles. The molecular weight excluding hydrogens is 426 g/mol. The van der Waals surface area contributed by atoms with Gasteiger partial charge in [0.1, 0.15) is 5.82 Å². The molecule has 2 aromatic carbocycles. The van der Waals surface area contributed by atoms with Gasteiger partial charge >= 0.3 is 0 Å². The van der Waals surface area contributed by atoms with Crippen LogP contribution >= 0.6 is 11.8 Å². The van der Waals surface area contributed by atoms with Crippen LogP contribution < -0.4 is 5.32 Å². The number of carbonyl (C=O) groups is 1. The van der Waals surface area contributed by atoms with Gasteiger partial charge in [0.25, 0.3) is 5.69 Å². The zero-order valence-corrected chi connectivity index (χ0v) is 18.6. The van der Waals surface area contributed by atoms with E-state index in [0.717, 1.165) is 24.4 Å². The van der Waals surface area contributed by atoms with Crippen LogP contribution in [-0.4, -0.2) is 30.8 Å². The summed E-state index contributed by atoms with van der Waals surface area (Å²) in [5, 5.41) is 22.9. The molecule has 1 atom stereocenters. The molecule has 8 nitrogen and oxygen atoms in total. The van der Waals surface area contributed by atoms with Crippen molar-refractivity contribution >= 4 is 29.0 Å². The molecule has 0 spiro atoms. The minimum atomic E-state index is -0.468. The van der Waals surface area contributed by atoms with Gasteiger partial charge in [0, 0.05) is 29.4 Å². The zero-order valence-electron chi connectivity index (χ0n) is 17.8. The van der Waals surface area contributed by atoms with Crippen molar-refractivity contribution in [2.75, 3.05) is 5.32 Å². The lowest BCUT2D eigenvalue weighted by Crippen LogP contribution is -2.23. The molecule has 0 aliphatic heterocycles. The fourth-order valence-corrected chi connectivity index (χ4v) is 4.80. The number of nitro benzene ring substituents is 1. The molecule has 9 heteroatoms. The van der Waals surface area contributed by atoms with E-state index in [4.69, 9.17) is 0 Å². The molecular formula is C23H25N5O3S. The fourth-order valence-electron chi connectivity index (χ4n) is 3.92. The van der Waals surface area contributed by atoms with Gasteiger partial charge in [0.15, 0.2) is 5.16 Å². The van der Waals surface area contributed by atoms with Crippen LogP contribution in [0, 0.1) is 10.1 Å². The highest BCUT2D eigenvalue weighted by atomic mass is 32.2. The summed E-state index contributed by atoms with van der Waals surface area (Å²) >= 11 is 1.35. The Hall–Kier alpha value is -3.20. The maximum atomic E-state index is 12.8. The summed E-state index contributed by atoms with van der Waals surface area (Å²) in [6, 6.07) is 15.8. The van der Waals surface area contributed by atoms with Gasteiger partial charge in [-0.25, -0.2) is 0 Å². The molecule has 0 radical (unpaired) electrons. The summed E-state index contributed by atoms with van der Waals surface area (Å²) in [7, 11) is 0. The molecule has 1 amide bonds. The van der Waals surface area contributed by atoms with Crippen LogP contribution in [0.4, 0.5) is 11.4 Å². The lowest BCUT2D eigenvalue weighted by atomic mass is 9.88. The number of nitrogens with one attached hydrogen (secondary N) is 1. The van der Waals surface area contributed by atoms with E-state index >= 15 is 0 Å². The van der Waals surface area contributed by atoms with Crippen LogP contribution in [0.1, 0.15) is 50.8 Å². The minimum absolute atomic E-state index is 0.0170. The molecule has 0 unspecified atom stereocenters. The highest BCUT2D eigenvalue weighted by Gasteiger charge is 2.26. The normalized spacial score (nSPS) is 15.3. The van der Waals surface area contributed by atoms with Gasteiger partial charge in [0.05, 0.1) is 10.2 Å². The number of anilines is 1. The number of para-hydroxylation sites is 1. The Morgan fingerprint density at radius 1 is 1.09 bits per heavy atom. The Morgan fingerprint density at radius 3 is 2.44 bits per heavy atom. The standard InChI is InChI=1S/C23H25N5O3S/c1-16(22(29)24-18-12-14-20(15-13-18)28(30)31)32-23-26-25-21(17-8-4-2-5-9-17)27(23)19-10-6-3-7-11-19/h3,6-7,10-17H,2,4-5,8-9H2,1H3,(H,24,29)/t16-/m1/s1. The summed E-state index contributed by atoms with van der Waals surface area (Å²) < 4.78 is 2.08. The van der Waals surface area contributed by atoms with Gasteiger partial charge in [-0.05, 0) is 44.0 Å². The fraction of sp³-hybridized carbons (Fsp3) is 0.348. The van der Waals surface area contributed by atoms with Crippen molar-refractivity contribution in [2.45, 2.75) is 55.4 Å². The highest BCUT2D eigenvalue weighted by molar-refractivity contribution is 8.00. The van der Waals surface area contributed by atoms with Crippen molar-refractivity contribution in [1.29, 1.82) is 0 Å². The molecule has 1 N–H and O–H groups in total. The van der Waals surface area contributed by atoms with Gasteiger partial charge < -0.3 is 5.32 Å². The number of hydrogen-bond donors (Lipinski definition) is 1. The number of nitro groups is 1. The number of hydrogen-bond acceptors (Lipinski definition) is 6. The van der Waals surface area contributed by atoms with Crippen LogP contribution in [-0.2, 0) is 4.79 Å². The van der Waals surface area contributed by atoms with Crippen molar-refractivity contribution in [3.8, 4) is 5.69 Å². The lowest BCUT2D eigenvalue weighted by molar-refractivity contribution is -0.384. The molecule has 0 bridgehead atoms. The molecule has 32 heavy (non-hydrogen) atoms. The molecule has 166 valence electrons. The van der Waals surface area contributed by atoms with E-state index in [2.05, 4.69) is 20.1 Å². The number of carbonyl (C=O) groups excluding carboxylic acids is 1. The summed E-state index contributed by atoms with van der Waals surface area (Å²) in [5.74, 6) is 1.13. The Balaban J connectivity index is 1.53. The third kappa shape index (κ3) is 4.99. The SMILES string of the molecule is C[C@@H](Sc1nnc(C2CCCCC2)n1-c1ccccc1)C(=O)Nc1ccc([N+](=O)[O-])cc1. The van der Waals surface area contributed by atoms with Crippen LogP contribution in [0.15, 0.2) is 59.8 Å². The Kier molecular flexibility index (Phi) is 6.84. The maximum Gasteiger partial charge on any atom is 0.269 e. The first-order valence-corrected chi connectivity index (χ1v) is 11.6. The number of non-ortho nitro benzene ring substituents is 1. The summed E-state index contributed by atoms with van der Waals surface area (Å²) in [6.45, 7) is 1.82. The number of rotatable bonds is 7. The quantitative estimate of drug-likeness (QED) is 0.295. The average Bonchev–Trinajstić information content (AvgIpc) is 3.24. The molecule has 3 aromatic rings. The largest absolute Gasteiger partial charge is 0.325 e. The molecule has 1 fully saturated rings. The molecule has 4 rings (SSSR count). The van der Waals surface area contributed by atoms with E-state index in [1.807, 2.05) is 37.3 Å². The van der Waals surface area contributed by atoms with Gasteiger partial charge in [0.2, 0.25) is 5.91 Å². The van der Waals surface area contributed by atoms with E-state index in [9.17, 15) is 14.9 Å². The topological polar surface area (TPSA) is 103 Å². The van der Waals surface area contributed by atoms with Crippen LogP contribution in [0.2, 0.25) is 0 Å². The van der Waals surface area contributed by atoms with Crippen molar-refractivity contribution < 1.29 is 9.72 Å². The first-order chi connectivity index (χ1) is 15.5. The number of nitrogens with zero attached hydrogens (tertiary/aromatic N) is 4. The third-order valence-electron chi connectivity index (χ3n) is 5.64. The number of benzene rings is 2. The summed E-state index contributed by atoms with van der Waals surface area (Å²) in [4.78, 5) is 23.1. The van der Waals surface area contributed by atoms with Gasteiger partial charge in [-0.3, -0.25) is 19.5 Å². The molecule has 1 heterocycles. The molecule has 1 aromatic heterocycles. The Bertz CT molecular complexity index is 1080. The smallest absolute Gasteiger partial charge is 0.269 e. The maximum absolute atomic E-state index is 12.8. The second kappa shape index (κ2) is 9.95. The molecule has 1 aliphatic rings. The number of amides is 1. The third-order valence-corrected chi connectivity index (χ3v) is 6.68. The zero-order chi connectivity index (χ0) is 22.5. The number of aromatic nitrogens is 3. The summed E-state index contributed by atoms with van der Waals surface area (Å²) in [5.41, 5.74) is 1.49. The minimum Gasteiger partial charge on any atom is -0.325 e. The van der Waals surface area contributed by atoms with Crippen molar-refractivity contribution in [1.82, 2.24) is 14.8 Å². The molecule has 0 saturated heterocycles. The van der Waals surface area contributed by atoms with Gasteiger partial charge in [-0.15, -0.1) is 10.2 Å². The van der Waals surface area contributed by atoms with Crippen molar-refractivity contribution in [2.24, 2.45) is 0 Å². The van der Waals surface area contributed by atoms with E-state index in [0.29, 0.717) is 16.8 Å². The first-order valence-electron chi connectivity index (χ1n) is 10.8. The summed E-state index contributed by atoms with van der Waals surface area (Å²) in [6.07, 6.45) is 5.86. The van der Waals surface area contributed by atoms with Gasteiger partial charge in [-0.1, -0.05) is 49.2 Å². The monoisotopic (exact) mass is 451 g/mol. The van der Waals surface area contributed by atoms with E-state index < -0.39 is 10.2 Å². The van der Waals surface area contributed by atoms with Crippen molar-refractivity contribution in [3.05, 3.63) is 70.5 Å². The lowest BCUT2D eigenvalue weighted by Gasteiger charge is -2.22. The Labute approximate surface area is 190 Å². The first kappa shape index (κ1) is 22.0. The highest BCUT2D eigenvalue weighted by Crippen LogP contribution is 2.35. The van der Waals surface area contributed by atoms with Crippen LogP contribution in [0.3, 0.4) is 0 Å². The van der Waals surface area contributed by atoms with Crippen LogP contribution in [0.25, 0.3) is 5.69 Å². The van der Waals surface area contributed by atoms with Crippen molar-refractivity contribution in [3.63, 3.8) is 0 Å². The average molecular weight is 452 g/mol. The molecule has 1 saturated carbocycles.